The maximum absolute atomic E-state index is 12.9. The minimum absolute atomic E-state index is 0.0917. The Morgan fingerprint density at radius 1 is 1.06 bits per heavy atom. The highest BCUT2D eigenvalue weighted by molar-refractivity contribution is 6.23. The Labute approximate surface area is 193 Å². The van der Waals surface area contributed by atoms with Gasteiger partial charge in [-0.2, -0.15) is 0 Å². The average Bonchev–Trinajstić information content (AvgIpc) is 2.96. The van der Waals surface area contributed by atoms with E-state index in [-0.39, 0.29) is 29.9 Å². The molecule has 0 aromatic heterocycles. The van der Waals surface area contributed by atoms with Crippen LogP contribution in [0.15, 0.2) is 18.2 Å². The van der Waals surface area contributed by atoms with Crippen LogP contribution < -0.4 is 10.6 Å². The summed E-state index contributed by atoms with van der Waals surface area (Å²) in [5, 5.41) is 5.44. The zero-order valence-corrected chi connectivity index (χ0v) is 19.4. The van der Waals surface area contributed by atoms with E-state index in [9.17, 15) is 24.0 Å². The topological polar surface area (TPSA) is 122 Å². The summed E-state index contributed by atoms with van der Waals surface area (Å²) in [6.07, 6.45) is 4.17. The van der Waals surface area contributed by atoms with E-state index >= 15 is 0 Å². The summed E-state index contributed by atoms with van der Waals surface area (Å²) < 4.78 is 5.29. The summed E-state index contributed by atoms with van der Waals surface area (Å²) in [7, 11) is 0. The highest BCUT2D eigenvalue weighted by Crippen LogP contribution is 2.29. The van der Waals surface area contributed by atoms with Crippen LogP contribution in [0.2, 0.25) is 0 Å². The Bertz CT molecular complexity index is 965. The number of benzene rings is 1. The number of imide groups is 2. The van der Waals surface area contributed by atoms with Gasteiger partial charge in [-0.25, -0.2) is 0 Å². The monoisotopic (exact) mass is 457 g/mol. The van der Waals surface area contributed by atoms with Gasteiger partial charge in [-0.3, -0.25) is 34.2 Å². The predicted octanol–water partition coefficient (Wildman–Crippen LogP) is 2.79. The summed E-state index contributed by atoms with van der Waals surface area (Å²) in [6, 6.07) is 3.99. The van der Waals surface area contributed by atoms with E-state index in [0.717, 1.165) is 30.6 Å². The van der Waals surface area contributed by atoms with Crippen molar-refractivity contribution in [2.24, 2.45) is 0 Å². The van der Waals surface area contributed by atoms with Crippen LogP contribution in [0, 0.1) is 0 Å². The van der Waals surface area contributed by atoms with Gasteiger partial charge in [-0.15, -0.1) is 0 Å². The van der Waals surface area contributed by atoms with Crippen molar-refractivity contribution in [3.05, 3.63) is 29.3 Å². The molecule has 1 fully saturated rings. The fourth-order valence-electron chi connectivity index (χ4n) is 3.95. The van der Waals surface area contributed by atoms with Crippen LogP contribution in [0.3, 0.4) is 0 Å². The number of piperidine rings is 1. The summed E-state index contributed by atoms with van der Waals surface area (Å²) in [5.74, 6) is -2.23. The smallest absolute Gasteiger partial charge is 0.306 e. The van der Waals surface area contributed by atoms with E-state index in [4.69, 9.17) is 4.74 Å². The van der Waals surface area contributed by atoms with Crippen LogP contribution in [-0.2, 0) is 19.1 Å². The molecule has 0 radical (unpaired) electrons. The van der Waals surface area contributed by atoms with Crippen LogP contribution in [0.25, 0.3) is 0 Å². The first kappa shape index (κ1) is 24.4. The summed E-state index contributed by atoms with van der Waals surface area (Å²) in [6.45, 7) is 6.24. The second kappa shape index (κ2) is 10.1. The van der Waals surface area contributed by atoms with Crippen LogP contribution in [-0.4, -0.2) is 52.7 Å². The van der Waals surface area contributed by atoms with Gasteiger partial charge in [0.25, 0.3) is 11.8 Å². The average molecular weight is 458 g/mol. The number of ether oxygens (including phenoxy) is 1. The number of nitrogens with one attached hydrogen (secondary N) is 2. The first-order chi connectivity index (χ1) is 15.6. The molecule has 9 nitrogen and oxygen atoms in total. The van der Waals surface area contributed by atoms with E-state index < -0.39 is 35.3 Å². The molecule has 1 unspecified atom stereocenters. The zero-order valence-electron chi connectivity index (χ0n) is 19.4. The number of esters is 1. The maximum Gasteiger partial charge on any atom is 0.306 e. The number of nitrogens with zero attached hydrogens (tertiary/aromatic N) is 1. The Morgan fingerprint density at radius 3 is 2.45 bits per heavy atom. The molecule has 1 aromatic carbocycles. The molecule has 0 aliphatic carbocycles. The van der Waals surface area contributed by atoms with Gasteiger partial charge in [0, 0.05) is 25.1 Å². The highest BCUT2D eigenvalue weighted by Gasteiger charge is 2.44. The number of carbonyl (C=O) groups is 5. The first-order valence-electron chi connectivity index (χ1n) is 11.4. The van der Waals surface area contributed by atoms with Crippen molar-refractivity contribution in [1.82, 2.24) is 10.2 Å². The van der Waals surface area contributed by atoms with Gasteiger partial charge in [-0.05, 0) is 58.2 Å². The van der Waals surface area contributed by atoms with Crippen molar-refractivity contribution in [2.75, 3.05) is 11.9 Å². The SMILES string of the molecule is CC(C)(C)OC(=O)CCCCCCNc1ccc2c(c1)C(=O)N(C1CCC(=O)NC1=O)C2=O. The quantitative estimate of drug-likeness (QED) is 0.332. The molecular weight excluding hydrogens is 426 g/mol. The molecule has 2 aliphatic rings. The fourth-order valence-corrected chi connectivity index (χ4v) is 3.95. The van der Waals surface area contributed by atoms with Crippen molar-refractivity contribution >= 4 is 35.3 Å². The lowest BCUT2D eigenvalue weighted by molar-refractivity contribution is -0.155. The third-order valence-electron chi connectivity index (χ3n) is 5.50. The van der Waals surface area contributed by atoms with Crippen LogP contribution in [0.1, 0.15) is 86.4 Å². The van der Waals surface area contributed by atoms with Gasteiger partial charge in [0.05, 0.1) is 11.1 Å². The molecule has 2 N–H and O–H groups in total. The lowest BCUT2D eigenvalue weighted by atomic mass is 10.0. The molecule has 4 amide bonds. The third-order valence-corrected chi connectivity index (χ3v) is 5.50. The second-order valence-electron chi connectivity index (χ2n) is 9.39. The van der Waals surface area contributed by atoms with E-state index in [1.165, 1.54) is 0 Å². The molecular formula is C24H31N3O6. The first-order valence-corrected chi connectivity index (χ1v) is 11.4. The number of rotatable bonds is 9. The molecule has 1 saturated heterocycles. The van der Waals surface area contributed by atoms with Gasteiger partial charge in [0.2, 0.25) is 11.8 Å². The Morgan fingerprint density at radius 2 is 1.76 bits per heavy atom. The van der Waals surface area contributed by atoms with E-state index in [1.54, 1.807) is 18.2 Å². The van der Waals surface area contributed by atoms with Crippen LogP contribution in [0.5, 0.6) is 0 Å². The molecule has 2 aliphatic heterocycles. The minimum atomic E-state index is -0.966. The van der Waals surface area contributed by atoms with Crippen molar-refractivity contribution in [3.63, 3.8) is 0 Å². The molecule has 2 heterocycles. The summed E-state index contributed by atoms with van der Waals surface area (Å²) in [5.41, 5.74) is 0.778. The fraction of sp³-hybridized carbons (Fsp3) is 0.542. The number of anilines is 1. The zero-order chi connectivity index (χ0) is 24.2. The normalized spacial score (nSPS) is 18.3. The molecule has 1 aromatic rings. The molecule has 0 spiro atoms. The van der Waals surface area contributed by atoms with Crippen molar-refractivity contribution in [1.29, 1.82) is 0 Å². The maximum atomic E-state index is 12.9. The standard InChI is InChI=1S/C24H31N3O6/c1-24(2,3)33-20(29)8-6-4-5-7-13-25-15-9-10-16-17(14-15)23(32)27(22(16)31)18-11-12-19(28)26-21(18)30/h9-10,14,18,25H,4-8,11-13H2,1-3H3,(H,26,28,30). The molecule has 33 heavy (non-hydrogen) atoms. The van der Waals surface area contributed by atoms with Gasteiger partial charge in [0.15, 0.2) is 0 Å². The second-order valence-corrected chi connectivity index (χ2v) is 9.39. The lowest BCUT2D eigenvalue weighted by Gasteiger charge is -2.27. The van der Waals surface area contributed by atoms with Gasteiger partial charge >= 0.3 is 5.97 Å². The van der Waals surface area contributed by atoms with Crippen molar-refractivity contribution in [3.8, 4) is 0 Å². The number of fused-ring (bicyclic) bond motifs is 1. The largest absolute Gasteiger partial charge is 0.460 e. The van der Waals surface area contributed by atoms with Crippen LogP contribution in [0.4, 0.5) is 5.69 Å². The van der Waals surface area contributed by atoms with Crippen molar-refractivity contribution in [2.45, 2.75) is 77.4 Å². The number of amides is 4. The lowest BCUT2D eigenvalue weighted by Crippen LogP contribution is -2.54. The number of carbonyl (C=O) groups excluding carboxylic acids is 5. The summed E-state index contributed by atoms with van der Waals surface area (Å²) in [4.78, 5) is 61.7. The summed E-state index contributed by atoms with van der Waals surface area (Å²) >= 11 is 0. The van der Waals surface area contributed by atoms with Gasteiger partial charge in [0.1, 0.15) is 11.6 Å². The molecule has 0 bridgehead atoms. The number of unbranched alkanes of at least 4 members (excludes halogenated alkanes) is 3. The van der Waals surface area contributed by atoms with Crippen LogP contribution >= 0.6 is 0 Å². The Hall–Kier alpha value is -3.23. The van der Waals surface area contributed by atoms with E-state index in [2.05, 4.69) is 10.6 Å². The van der Waals surface area contributed by atoms with E-state index in [1.807, 2.05) is 20.8 Å². The molecule has 178 valence electrons. The molecule has 1 atom stereocenters. The van der Waals surface area contributed by atoms with Gasteiger partial charge in [-0.1, -0.05) is 12.8 Å². The van der Waals surface area contributed by atoms with Crippen molar-refractivity contribution < 1.29 is 28.7 Å². The third kappa shape index (κ3) is 6.18. The minimum Gasteiger partial charge on any atom is -0.460 e. The molecule has 9 heteroatoms. The number of hydrogen-bond acceptors (Lipinski definition) is 7. The molecule has 3 rings (SSSR count). The highest BCUT2D eigenvalue weighted by atomic mass is 16.6. The Balaban J connectivity index is 1.45. The molecule has 0 saturated carbocycles. The predicted molar refractivity (Wildman–Crippen MR) is 121 cm³/mol. The Kier molecular flexibility index (Phi) is 7.50. The number of hydrogen-bond donors (Lipinski definition) is 2. The van der Waals surface area contributed by atoms with E-state index in [0.29, 0.717) is 18.7 Å². The van der Waals surface area contributed by atoms with Gasteiger partial charge < -0.3 is 10.1 Å².